The highest BCUT2D eigenvalue weighted by Gasteiger charge is 2.19. The molecule has 2 aromatic rings. The Bertz CT molecular complexity index is 760. The molecule has 7 heteroatoms. The first-order valence-corrected chi connectivity index (χ1v) is 8.78. The molecule has 0 bridgehead atoms. The third kappa shape index (κ3) is 4.60. The van der Waals surface area contributed by atoms with E-state index in [9.17, 15) is 8.42 Å². The SMILES string of the molecule is COc1ccc(CCNS(=O)(=O)c2cc(Cl)ccc2OC)cc1. The van der Waals surface area contributed by atoms with Crippen molar-refractivity contribution in [3.63, 3.8) is 0 Å². The van der Waals surface area contributed by atoms with Gasteiger partial charge >= 0.3 is 0 Å². The summed E-state index contributed by atoms with van der Waals surface area (Å²) in [7, 11) is -0.678. The van der Waals surface area contributed by atoms with Crippen LogP contribution < -0.4 is 14.2 Å². The van der Waals surface area contributed by atoms with Crippen LogP contribution in [0.25, 0.3) is 0 Å². The van der Waals surface area contributed by atoms with Crippen LogP contribution >= 0.6 is 11.6 Å². The normalized spacial score (nSPS) is 11.3. The lowest BCUT2D eigenvalue weighted by Gasteiger charge is -2.11. The summed E-state index contributed by atoms with van der Waals surface area (Å²) < 4.78 is 37.5. The zero-order chi connectivity index (χ0) is 16.9. The molecule has 0 amide bonds. The van der Waals surface area contributed by atoms with Crippen LogP contribution in [0.15, 0.2) is 47.4 Å². The Morgan fingerprint density at radius 3 is 2.35 bits per heavy atom. The van der Waals surface area contributed by atoms with Gasteiger partial charge in [0.25, 0.3) is 0 Å². The van der Waals surface area contributed by atoms with Gasteiger partial charge in [-0.2, -0.15) is 0 Å². The van der Waals surface area contributed by atoms with Crippen molar-refractivity contribution in [2.45, 2.75) is 11.3 Å². The number of nitrogens with one attached hydrogen (secondary N) is 1. The monoisotopic (exact) mass is 355 g/mol. The van der Waals surface area contributed by atoms with Crippen molar-refractivity contribution < 1.29 is 17.9 Å². The maximum absolute atomic E-state index is 12.4. The minimum atomic E-state index is -3.69. The van der Waals surface area contributed by atoms with E-state index in [1.54, 1.807) is 13.2 Å². The number of hydrogen-bond donors (Lipinski definition) is 1. The lowest BCUT2D eigenvalue weighted by Crippen LogP contribution is -2.26. The van der Waals surface area contributed by atoms with Crippen molar-refractivity contribution in [1.29, 1.82) is 0 Å². The molecule has 0 aliphatic heterocycles. The second-order valence-electron chi connectivity index (χ2n) is 4.79. The number of methoxy groups -OCH3 is 2. The highest BCUT2D eigenvalue weighted by molar-refractivity contribution is 7.89. The van der Waals surface area contributed by atoms with E-state index in [0.717, 1.165) is 11.3 Å². The van der Waals surface area contributed by atoms with Crippen LogP contribution in [0.4, 0.5) is 0 Å². The van der Waals surface area contributed by atoms with Gasteiger partial charge in [-0.05, 0) is 42.3 Å². The molecule has 0 radical (unpaired) electrons. The topological polar surface area (TPSA) is 64.6 Å². The quantitative estimate of drug-likeness (QED) is 0.829. The van der Waals surface area contributed by atoms with Crippen LogP contribution in [0.5, 0.6) is 11.5 Å². The van der Waals surface area contributed by atoms with Crippen molar-refractivity contribution in [2.24, 2.45) is 0 Å². The van der Waals surface area contributed by atoms with E-state index >= 15 is 0 Å². The molecule has 0 saturated carbocycles. The van der Waals surface area contributed by atoms with Crippen LogP contribution in [-0.4, -0.2) is 29.2 Å². The Labute approximate surface area is 141 Å². The molecule has 0 aliphatic rings. The molecule has 1 N–H and O–H groups in total. The van der Waals surface area contributed by atoms with E-state index < -0.39 is 10.0 Å². The third-order valence-corrected chi connectivity index (χ3v) is 5.00. The van der Waals surface area contributed by atoms with Crippen molar-refractivity contribution in [2.75, 3.05) is 20.8 Å². The van der Waals surface area contributed by atoms with Gasteiger partial charge in [0, 0.05) is 11.6 Å². The first-order valence-electron chi connectivity index (χ1n) is 6.92. The predicted octanol–water partition coefficient (Wildman–Crippen LogP) is 2.88. The van der Waals surface area contributed by atoms with Crippen molar-refractivity contribution in [3.05, 3.63) is 53.1 Å². The molecule has 0 atom stereocenters. The summed E-state index contributed by atoms with van der Waals surface area (Å²) >= 11 is 5.88. The summed E-state index contributed by atoms with van der Waals surface area (Å²) in [5.74, 6) is 1.02. The average molecular weight is 356 g/mol. The summed E-state index contributed by atoms with van der Waals surface area (Å²) in [6.07, 6.45) is 0.562. The van der Waals surface area contributed by atoms with Gasteiger partial charge in [0.2, 0.25) is 10.0 Å². The number of ether oxygens (including phenoxy) is 2. The number of rotatable bonds is 7. The van der Waals surface area contributed by atoms with Gasteiger partial charge in [-0.1, -0.05) is 23.7 Å². The smallest absolute Gasteiger partial charge is 0.244 e. The number of hydrogen-bond acceptors (Lipinski definition) is 4. The van der Waals surface area contributed by atoms with E-state index in [-0.39, 0.29) is 17.2 Å². The molecule has 23 heavy (non-hydrogen) atoms. The van der Waals surface area contributed by atoms with Gasteiger partial charge in [0.1, 0.15) is 16.4 Å². The molecule has 5 nitrogen and oxygen atoms in total. The van der Waals surface area contributed by atoms with Crippen molar-refractivity contribution >= 4 is 21.6 Å². The average Bonchev–Trinajstić information content (AvgIpc) is 2.55. The lowest BCUT2D eigenvalue weighted by atomic mass is 10.1. The molecule has 2 rings (SSSR count). The van der Waals surface area contributed by atoms with Crippen LogP contribution in [0.3, 0.4) is 0 Å². The van der Waals surface area contributed by atoms with E-state index in [1.165, 1.54) is 19.2 Å². The molecule has 2 aromatic carbocycles. The summed E-state index contributed by atoms with van der Waals surface area (Å²) in [4.78, 5) is 0.0298. The first-order chi connectivity index (χ1) is 11.0. The Morgan fingerprint density at radius 1 is 1.04 bits per heavy atom. The molecule has 0 aromatic heterocycles. The summed E-state index contributed by atoms with van der Waals surface area (Å²) in [5, 5.41) is 0.335. The molecule has 0 spiro atoms. The first kappa shape index (κ1) is 17.6. The lowest BCUT2D eigenvalue weighted by molar-refractivity contribution is 0.402. The fourth-order valence-electron chi connectivity index (χ4n) is 2.06. The minimum absolute atomic E-state index is 0.0298. The second kappa shape index (κ2) is 7.68. The van der Waals surface area contributed by atoms with Crippen molar-refractivity contribution in [3.8, 4) is 11.5 Å². The Balaban J connectivity index is 2.05. The molecule has 0 saturated heterocycles. The molecule has 0 aliphatic carbocycles. The van der Waals surface area contributed by atoms with E-state index in [4.69, 9.17) is 21.1 Å². The van der Waals surface area contributed by atoms with Gasteiger partial charge in [-0.25, -0.2) is 13.1 Å². The third-order valence-electron chi connectivity index (χ3n) is 3.28. The Kier molecular flexibility index (Phi) is 5.87. The number of halogens is 1. The fraction of sp³-hybridized carbons (Fsp3) is 0.250. The highest BCUT2D eigenvalue weighted by Crippen LogP contribution is 2.26. The van der Waals surface area contributed by atoms with Gasteiger partial charge in [0.15, 0.2) is 0 Å². The van der Waals surface area contributed by atoms with E-state index in [2.05, 4.69) is 4.72 Å². The highest BCUT2D eigenvalue weighted by atomic mass is 35.5. The van der Waals surface area contributed by atoms with E-state index in [0.29, 0.717) is 11.4 Å². The van der Waals surface area contributed by atoms with Crippen LogP contribution in [-0.2, 0) is 16.4 Å². The molecular formula is C16H18ClNO4S. The van der Waals surface area contributed by atoms with Gasteiger partial charge in [-0.3, -0.25) is 0 Å². The summed E-state index contributed by atoms with van der Waals surface area (Å²) in [6.45, 7) is 0.268. The minimum Gasteiger partial charge on any atom is -0.497 e. The second-order valence-corrected chi connectivity index (χ2v) is 6.96. The standard InChI is InChI=1S/C16H18ClNO4S/c1-21-14-6-3-12(4-7-14)9-10-18-23(19,20)16-11-13(17)5-8-15(16)22-2/h3-8,11,18H,9-10H2,1-2H3. The number of sulfonamides is 1. The maximum atomic E-state index is 12.4. The van der Waals surface area contributed by atoms with E-state index in [1.807, 2.05) is 24.3 Å². The van der Waals surface area contributed by atoms with Crippen molar-refractivity contribution in [1.82, 2.24) is 4.72 Å². The van der Waals surface area contributed by atoms with Crippen LogP contribution in [0.2, 0.25) is 5.02 Å². The summed E-state index contributed by atoms with van der Waals surface area (Å²) in [6, 6.07) is 11.9. The molecule has 0 heterocycles. The summed E-state index contributed by atoms with van der Waals surface area (Å²) in [5.41, 5.74) is 1.01. The maximum Gasteiger partial charge on any atom is 0.244 e. The van der Waals surface area contributed by atoms with Gasteiger partial charge in [-0.15, -0.1) is 0 Å². The van der Waals surface area contributed by atoms with Gasteiger partial charge < -0.3 is 9.47 Å². The van der Waals surface area contributed by atoms with Crippen LogP contribution in [0, 0.1) is 0 Å². The molecule has 0 fully saturated rings. The zero-order valence-electron chi connectivity index (χ0n) is 12.9. The van der Waals surface area contributed by atoms with Gasteiger partial charge in [0.05, 0.1) is 14.2 Å². The molecular weight excluding hydrogens is 338 g/mol. The zero-order valence-corrected chi connectivity index (χ0v) is 14.4. The Morgan fingerprint density at radius 2 is 1.74 bits per heavy atom. The molecule has 0 unspecified atom stereocenters. The molecule has 124 valence electrons. The number of benzene rings is 2. The predicted molar refractivity (Wildman–Crippen MR) is 89.9 cm³/mol. The Hall–Kier alpha value is -1.76. The van der Waals surface area contributed by atoms with Crippen LogP contribution in [0.1, 0.15) is 5.56 Å². The fourth-order valence-corrected chi connectivity index (χ4v) is 3.52. The largest absolute Gasteiger partial charge is 0.497 e.